The molecule has 39 heavy (non-hydrogen) atoms. The van der Waals surface area contributed by atoms with E-state index in [4.69, 9.17) is 9.47 Å². The van der Waals surface area contributed by atoms with Gasteiger partial charge in [0.2, 0.25) is 0 Å². The van der Waals surface area contributed by atoms with Crippen molar-refractivity contribution in [2.75, 3.05) is 25.2 Å². The van der Waals surface area contributed by atoms with E-state index in [1.165, 1.54) is 0 Å². The van der Waals surface area contributed by atoms with E-state index in [1.54, 1.807) is 17.8 Å². The van der Waals surface area contributed by atoms with Crippen molar-refractivity contribution in [1.82, 2.24) is 5.32 Å². The molecule has 1 amide bonds. The number of carboxylic acids is 1. The molecule has 2 N–H and O–H groups in total. The molecule has 206 valence electrons. The number of carbonyl (C=O) groups is 2. The second kappa shape index (κ2) is 14.3. The van der Waals surface area contributed by atoms with Gasteiger partial charge in [0.15, 0.2) is 0 Å². The summed E-state index contributed by atoms with van der Waals surface area (Å²) in [4.78, 5) is 25.2. The Kier molecular flexibility index (Phi) is 10.6. The Morgan fingerprint density at radius 3 is 2.44 bits per heavy atom. The van der Waals surface area contributed by atoms with Gasteiger partial charge in [-0.1, -0.05) is 60.7 Å². The number of carboxylic acid groups (broad SMARTS) is 1. The maximum Gasteiger partial charge on any atom is 0.326 e. The Morgan fingerprint density at radius 1 is 1.03 bits per heavy atom. The quantitative estimate of drug-likeness (QED) is 0.278. The highest BCUT2D eigenvalue weighted by Gasteiger charge is 2.27. The predicted octanol–water partition coefficient (Wildman–Crippen LogP) is 6.28. The molecule has 1 fully saturated rings. The summed E-state index contributed by atoms with van der Waals surface area (Å²) in [7, 11) is 0. The van der Waals surface area contributed by atoms with Crippen LogP contribution in [-0.2, 0) is 20.9 Å². The van der Waals surface area contributed by atoms with Crippen molar-refractivity contribution in [3.63, 3.8) is 0 Å². The first-order valence-corrected chi connectivity index (χ1v) is 14.8. The molecule has 1 aliphatic heterocycles. The Bertz CT molecular complexity index is 1240. The van der Waals surface area contributed by atoms with E-state index in [2.05, 4.69) is 17.4 Å². The van der Waals surface area contributed by atoms with Gasteiger partial charge in [-0.25, -0.2) is 4.79 Å². The third kappa shape index (κ3) is 7.72. The van der Waals surface area contributed by atoms with Crippen LogP contribution in [0.4, 0.5) is 0 Å². The average molecular weight is 548 g/mol. The highest BCUT2D eigenvalue weighted by atomic mass is 32.2. The summed E-state index contributed by atoms with van der Waals surface area (Å²) in [5.41, 5.74) is 5.30. The maximum absolute atomic E-state index is 13.4. The van der Waals surface area contributed by atoms with Gasteiger partial charge in [0.05, 0.1) is 12.7 Å². The van der Waals surface area contributed by atoms with Gasteiger partial charge in [0, 0.05) is 18.8 Å². The zero-order chi connectivity index (χ0) is 27.6. The van der Waals surface area contributed by atoms with Crippen molar-refractivity contribution in [2.24, 2.45) is 5.92 Å². The van der Waals surface area contributed by atoms with Gasteiger partial charge >= 0.3 is 5.97 Å². The summed E-state index contributed by atoms with van der Waals surface area (Å²) in [6, 6.07) is 23.0. The van der Waals surface area contributed by atoms with Crippen molar-refractivity contribution in [1.29, 1.82) is 0 Å². The molecule has 0 bridgehead atoms. The molecule has 0 saturated carbocycles. The molecule has 3 aromatic rings. The number of aliphatic carboxylic acids is 1. The molecule has 0 aliphatic carbocycles. The van der Waals surface area contributed by atoms with Crippen LogP contribution in [0.15, 0.2) is 72.8 Å². The van der Waals surface area contributed by atoms with Crippen LogP contribution in [0.5, 0.6) is 0 Å². The first-order valence-electron chi connectivity index (χ1n) is 13.4. The second-order valence-electron chi connectivity index (χ2n) is 9.93. The Balaban J connectivity index is 1.61. The molecule has 4 rings (SSSR count). The van der Waals surface area contributed by atoms with Crippen LogP contribution < -0.4 is 5.32 Å². The highest BCUT2D eigenvalue weighted by Crippen LogP contribution is 2.35. The van der Waals surface area contributed by atoms with E-state index in [0.29, 0.717) is 30.3 Å². The number of nitrogens with one attached hydrogen (secondary N) is 1. The van der Waals surface area contributed by atoms with E-state index in [-0.39, 0.29) is 6.10 Å². The topological polar surface area (TPSA) is 84.9 Å². The van der Waals surface area contributed by atoms with E-state index in [9.17, 15) is 14.7 Å². The fourth-order valence-corrected chi connectivity index (χ4v) is 5.53. The third-order valence-electron chi connectivity index (χ3n) is 7.23. The molecule has 2 atom stereocenters. The second-order valence-corrected chi connectivity index (χ2v) is 10.9. The zero-order valence-electron chi connectivity index (χ0n) is 22.6. The monoisotopic (exact) mass is 547 g/mol. The standard InChI is InChI=1S/C32H37NO5S/c1-22-8-6-7-11-26(22)28-20-23(12-13-27(28)31(34)33-29(32(35)36)16-19-39-2)21-38-30(24-9-4-3-5-10-24)25-14-17-37-18-15-25/h3-13,20,25,29-30H,14-19,21H2,1-2H3,(H,33,34)(H,35,36)/t29-,30?/m0/s1. The maximum atomic E-state index is 13.4. The van der Waals surface area contributed by atoms with Crippen molar-refractivity contribution >= 4 is 23.6 Å². The van der Waals surface area contributed by atoms with Gasteiger partial charge < -0.3 is 19.9 Å². The lowest BCUT2D eigenvalue weighted by Crippen LogP contribution is -2.41. The molecule has 1 saturated heterocycles. The fraction of sp³-hybridized carbons (Fsp3) is 0.375. The van der Waals surface area contributed by atoms with E-state index in [1.807, 2.05) is 67.8 Å². The van der Waals surface area contributed by atoms with Crippen molar-refractivity contribution < 1.29 is 24.2 Å². The summed E-state index contributed by atoms with van der Waals surface area (Å²) in [6.45, 7) is 3.89. The lowest BCUT2D eigenvalue weighted by atomic mass is 9.89. The molecular formula is C32H37NO5S. The van der Waals surface area contributed by atoms with Gasteiger partial charge in [-0.3, -0.25) is 4.79 Å². The van der Waals surface area contributed by atoms with E-state index in [0.717, 1.165) is 53.9 Å². The number of benzene rings is 3. The van der Waals surface area contributed by atoms with Crippen LogP contribution in [0.25, 0.3) is 11.1 Å². The number of aryl methyl sites for hydroxylation is 1. The van der Waals surface area contributed by atoms with Gasteiger partial charge in [-0.2, -0.15) is 11.8 Å². The number of thioether (sulfide) groups is 1. The van der Waals surface area contributed by atoms with Crippen LogP contribution >= 0.6 is 11.8 Å². The molecule has 1 unspecified atom stereocenters. The molecule has 1 aliphatic rings. The minimum Gasteiger partial charge on any atom is -0.480 e. The summed E-state index contributed by atoms with van der Waals surface area (Å²) in [6.07, 6.45) is 4.14. The van der Waals surface area contributed by atoms with E-state index < -0.39 is 17.9 Å². The van der Waals surface area contributed by atoms with Crippen molar-refractivity contribution in [3.05, 3.63) is 95.1 Å². The van der Waals surface area contributed by atoms with Crippen LogP contribution in [0.1, 0.15) is 52.4 Å². The minimum absolute atomic E-state index is 0.0484. The fourth-order valence-electron chi connectivity index (χ4n) is 5.06. The molecule has 1 heterocycles. The normalized spacial score (nSPS) is 15.4. The SMILES string of the molecule is CSCC[C@H](NC(=O)c1ccc(COC(c2ccccc2)C2CCOCC2)cc1-c1ccccc1C)C(=O)O. The third-order valence-corrected chi connectivity index (χ3v) is 7.87. The number of hydrogen-bond donors (Lipinski definition) is 2. The Morgan fingerprint density at radius 2 is 1.74 bits per heavy atom. The first-order chi connectivity index (χ1) is 19.0. The number of hydrogen-bond acceptors (Lipinski definition) is 5. The van der Waals surface area contributed by atoms with Gasteiger partial charge in [-0.15, -0.1) is 0 Å². The highest BCUT2D eigenvalue weighted by molar-refractivity contribution is 7.98. The summed E-state index contributed by atoms with van der Waals surface area (Å²) in [5.74, 6) is -0.400. The molecule has 7 heteroatoms. The van der Waals surface area contributed by atoms with Crippen molar-refractivity contribution in [2.45, 2.75) is 44.9 Å². The number of carbonyl (C=O) groups excluding carboxylic acids is 1. The smallest absolute Gasteiger partial charge is 0.326 e. The summed E-state index contributed by atoms with van der Waals surface area (Å²) in [5, 5.41) is 12.4. The molecule has 3 aromatic carbocycles. The predicted molar refractivity (Wildman–Crippen MR) is 156 cm³/mol. The van der Waals surface area contributed by atoms with E-state index >= 15 is 0 Å². The number of ether oxygens (including phenoxy) is 2. The van der Waals surface area contributed by atoms with Gasteiger partial charge in [0.1, 0.15) is 6.04 Å². The van der Waals surface area contributed by atoms with Crippen LogP contribution in [-0.4, -0.2) is 48.2 Å². The lowest BCUT2D eigenvalue weighted by Gasteiger charge is -2.31. The molecule has 0 aromatic heterocycles. The number of rotatable bonds is 12. The number of amides is 1. The first kappa shape index (κ1) is 28.9. The zero-order valence-corrected chi connectivity index (χ0v) is 23.4. The summed E-state index contributed by atoms with van der Waals surface area (Å²) < 4.78 is 12.2. The minimum atomic E-state index is -1.03. The summed E-state index contributed by atoms with van der Waals surface area (Å²) >= 11 is 1.55. The molecular weight excluding hydrogens is 510 g/mol. The molecule has 6 nitrogen and oxygen atoms in total. The van der Waals surface area contributed by atoms with Crippen molar-refractivity contribution in [3.8, 4) is 11.1 Å². The molecule has 0 radical (unpaired) electrons. The largest absolute Gasteiger partial charge is 0.480 e. The van der Waals surface area contributed by atoms with Gasteiger partial charge in [-0.05, 0) is 84.1 Å². The van der Waals surface area contributed by atoms with Gasteiger partial charge in [0.25, 0.3) is 5.91 Å². The lowest BCUT2D eigenvalue weighted by molar-refractivity contribution is -0.139. The van der Waals surface area contributed by atoms with Crippen LogP contribution in [0.2, 0.25) is 0 Å². The molecule has 0 spiro atoms. The average Bonchev–Trinajstić information content (AvgIpc) is 2.96. The Hall–Kier alpha value is -3.13. The van der Waals surface area contributed by atoms with Crippen LogP contribution in [0, 0.1) is 12.8 Å². The Labute approximate surface area is 235 Å². The van der Waals surface area contributed by atoms with Crippen LogP contribution in [0.3, 0.4) is 0 Å².